The molecular weight excluding hydrogens is 207 g/mol. The molecule has 8 nitrogen and oxygen atoms in total. The van der Waals surface area contributed by atoms with Crippen molar-refractivity contribution in [3.63, 3.8) is 0 Å². The summed E-state index contributed by atoms with van der Waals surface area (Å²) in [5.74, 6) is 0. The molecule has 0 aliphatic heterocycles. The van der Waals surface area contributed by atoms with Crippen LogP contribution in [-0.4, -0.2) is 60.5 Å². The van der Waals surface area contributed by atoms with Crippen molar-refractivity contribution in [1.29, 1.82) is 0 Å². The average molecular weight is 220 g/mol. The van der Waals surface area contributed by atoms with Gasteiger partial charge in [-0.3, -0.25) is 0 Å². The van der Waals surface area contributed by atoms with Crippen molar-refractivity contribution in [3.05, 3.63) is 0 Å². The zero-order valence-corrected chi connectivity index (χ0v) is 7.45. The van der Waals surface area contributed by atoms with Crippen molar-refractivity contribution < 1.29 is 39.7 Å². The molecule has 0 fully saturated rings. The van der Waals surface area contributed by atoms with Gasteiger partial charge in [0.2, 0.25) is 0 Å². The Labute approximate surface area is 73.9 Å². The fraction of sp³-hybridized carbons (Fsp3) is 1.00. The number of hydrogen-bond donors (Lipinski definition) is 7. The first kappa shape index (κ1) is 15.4. The van der Waals surface area contributed by atoms with Crippen LogP contribution in [-0.2, 0) is 4.57 Å². The summed E-state index contributed by atoms with van der Waals surface area (Å²) in [6.07, 6.45) is -2.44. The van der Waals surface area contributed by atoms with Gasteiger partial charge in [0, 0.05) is 0 Å². The van der Waals surface area contributed by atoms with E-state index in [1.54, 1.807) is 0 Å². The first-order valence-electron chi connectivity index (χ1n) is 3.08. The highest BCUT2D eigenvalue weighted by Gasteiger charge is 2.12. The molecule has 0 aliphatic rings. The molecule has 0 aromatic heterocycles. The maximum atomic E-state index is 8.88. The highest BCUT2D eigenvalue weighted by atomic mass is 31.2. The third kappa shape index (κ3) is 18.7. The van der Waals surface area contributed by atoms with Gasteiger partial charge < -0.3 is 35.1 Å². The fourth-order valence-corrected chi connectivity index (χ4v) is 0.243. The standard InChI is InChI=1S/C4H10O4.H3O4P/c5-1-3(7)4(8)2-6;1-5(2,3)4/h3-8H,1-2H2;(H3,1,2,3,4). The summed E-state index contributed by atoms with van der Waals surface area (Å²) >= 11 is 0. The fourth-order valence-electron chi connectivity index (χ4n) is 0.243. The first-order valence-corrected chi connectivity index (χ1v) is 4.65. The minimum atomic E-state index is -4.64. The number of aliphatic hydroxyl groups is 4. The number of hydrogen-bond acceptors (Lipinski definition) is 5. The largest absolute Gasteiger partial charge is 0.466 e. The summed E-state index contributed by atoms with van der Waals surface area (Å²) in [4.78, 5) is 21.6. The van der Waals surface area contributed by atoms with Crippen LogP contribution in [0.25, 0.3) is 0 Å². The van der Waals surface area contributed by atoms with E-state index in [2.05, 4.69) is 0 Å². The summed E-state index contributed by atoms with van der Waals surface area (Å²) in [6.45, 7) is -1.05. The van der Waals surface area contributed by atoms with Gasteiger partial charge in [0.1, 0.15) is 12.2 Å². The normalized spacial score (nSPS) is 15.6. The van der Waals surface area contributed by atoms with Gasteiger partial charge in [-0.05, 0) is 0 Å². The van der Waals surface area contributed by atoms with Gasteiger partial charge >= 0.3 is 7.82 Å². The maximum Gasteiger partial charge on any atom is 0.466 e. The van der Waals surface area contributed by atoms with Crippen molar-refractivity contribution in [2.75, 3.05) is 13.2 Å². The Morgan fingerprint density at radius 1 is 0.923 bits per heavy atom. The number of rotatable bonds is 3. The predicted molar refractivity (Wildman–Crippen MR) is 40.4 cm³/mol. The van der Waals surface area contributed by atoms with Crippen LogP contribution in [0.4, 0.5) is 0 Å². The molecule has 0 radical (unpaired) electrons. The molecule has 9 heteroatoms. The zero-order valence-electron chi connectivity index (χ0n) is 6.55. The van der Waals surface area contributed by atoms with E-state index in [1.807, 2.05) is 0 Å². The Balaban J connectivity index is 0. The Hall–Kier alpha value is -0.0500. The topological polar surface area (TPSA) is 159 Å². The second kappa shape index (κ2) is 7.36. The van der Waals surface area contributed by atoms with E-state index < -0.39 is 33.2 Å². The van der Waals surface area contributed by atoms with Crippen molar-refractivity contribution in [3.8, 4) is 0 Å². The lowest BCUT2D eigenvalue weighted by atomic mass is 10.2. The molecule has 0 aliphatic carbocycles. The maximum absolute atomic E-state index is 8.88. The molecule has 13 heavy (non-hydrogen) atoms. The molecule has 0 bridgehead atoms. The van der Waals surface area contributed by atoms with Crippen molar-refractivity contribution in [1.82, 2.24) is 0 Å². The molecule has 2 unspecified atom stereocenters. The van der Waals surface area contributed by atoms with E-state index in [-0.39, 0.29) is 0 Å². The molecule has 0 amide bonds. The van der Waals surface area contributed by atoms with Gasteiger partial charge in [-0.1, -0.05) is 0 Å². The van der Waals surface area contributed by atoms with E-state index in [0.717, 1.165) is 0 Å². The third-order valence-electron chi connectivity index (χ3n) is 0.818. The molecule has 0 rings (SSSR count). The molecule has 0 aromatic carbocycles. The summed E-state index contributed by atoms with van der Waals surface area (Å²) in [6, 6.07) is 0. The minimum Gasteiger partial charge on any atom is -0.394 e. The van der Waals surface area contributed by atoms with E-state index in [0.29, 0.717) is 0 Å². The molecule has 0 saturated carbocycles. The van der Waals surface area contributed by atoms with Crippen molar-refractivity contribution in [2.45, 2.75) is 12.2 Å². The Bertz CT molecular complexity index is 138. The minimum absolute atomic E-state index is 0.526. The Kier molecular flexibility index (Phi) is 8.74. The van der Waals surface area contributed by atoms with E-state index in [9.17, 15) is 0 Å². The van der Waals surface area contributed by atoms with E-state index in [1.165, 1.54) is 0 Å². The predicted octanol–water partition coefficient (Wildman–Crippen LogP) is -3.24. The third-order valence-corrected chi connectivity index (χ3v) is 0.818. The summed E-state index contributed by atoms with van der Waals surface area (Å²) < 4.78 is 8.88. The second-order valence-electron chi connectivity index (χ2n) is 2.01. The highest BCUT2D eigenvalue weighted by Crippen LogP contribution is 2.25. The first-order chi connectivity index (χ1) is 5.72. The van der Waals surface area contributed by atoms with Crippen LogP contribution in [0.15, 0.2) is 0 Å². The van der Waals surface area contributed by atoms with Gasteiger partial charge in [0.15, 0.2) is 0 Å². The van der Waals surface area contributed by atoms with Crippen LogP contribution in [0.2, 0.25) is 0 Å². The SMILES string of the molecule is O=P(O)(O)O.OCC(O)C(O)CO. The molecular formula is C4H13O8P. The van der Waals surface area contributed by atoms with Crippen LogP contribution in [0.3, 0.4) is 0 Å². The highest BCUT2D eigenvalue weighted by molar-refractivity contribution is 7.45. The summed E-state index contributed by atoms with van der Waals surface area (Å²) in [7, 11) is -4.64. The van der Waals surface area contributed by atoms with Gasteiger partial charge in [-0.2, -0.15) is 0 Å². The molecule has 0 heterocycles. The van der Waals surface area contributed by atoms with E-state index in [4.69, 9.17) is 39.7 Å². The lowest BCUT2D eigenvalue weighted by Crippen LogP contribution is -2.31. The van der Waals surface area contributed by atoms with Gasteiger partial charge in [-0.15, -0.1) is 0 Å². The Morgan fingerprint density at radius 3 is 1.15 bits per heavy atom. The molecule has 0 saturated heterocycles. The van der Waals surface area contributed by atoms with Crippen LogP contribution in [0, 0.1) is 0 Å². The molecule has 0 aromatic rings. The van der Waals surface area contributed by atoms with Crippen molar-refractivity contribution in [2.24, 2.45) is 0 Å². The smallest absolute Gasteiger partial charge is 0.394 e. The van der Waals surface area contributed by atoms with E-state index >= 15 is 0 Å². The van der Waals surface area contributed by atoms with Crippen molar-refractivity contribution >= 4 is 7.82 Å². The van der Waals surface area contributed by atoms with Gasteiger partial charge in [0.25, 0.3) is 0 Å². The van der Waals surface area contributed by atoms with Gasteiger partial charge in [-0.25, -0.2) is 4.57 Å². The van der Waals surface area contributed by atoms with Crippen LogP contribution >= 0.6 is 7.82 Å². The molecule has 0 spiro atoms. The van der Waals surface area contributed by atoms with Crippen LogP contribution < -0.4 is 0 Å². The lowest BCUT2D eigenvalue weighted by molar-refractivity contribution is -0.0388. The molecule has 7 N–H and O–H groups in total. The van der Waals surface area contributed by atoms with Crippen LogP contribution in [0.5, 0.6) is 0 Å². The quantitative estimate of drug-likeness (QED) is 0.244. The average Bonchev–Trinajstić information content (AvgIpc) is 1.98. The van der Waals surface area contributed by atoms with Crippen LogP contribution in [0.1, 0.15) is 0 Å². The lowest BCUT2D eigenvalue weighted by Gasteiger charge is -2.10. The number of aliphatic hydroxyl groups excluding tert-OH is 4. The number of phosphoric acid groups is 1. The summed E-state index contributed by atoms with van der Waals surface area (Å²) in [5.41, 5.74) is 0. The second-order valence-corrected chi connectivity index (χ2v) is 3.04. The molecule has 82 valence electrons. The monoisotopic (exact) mass is 220 g/mol. The Morgan fingerprint density at radius 2 is 1.08 bits per heavy atom. The molecule has 2 atom stereocenters. The van der Waals surface area contributed by atoms with Gasteiger partial charge in [0.05, 0.1) is 13.2 Å². The zero-order chi connectivity index (χ0) is 11.1. The summed E-state index contributed by atoms with van der Waals surface area (Å²) in [5, 5.41) is 33.2.